The molecule has 0 spiro atoms. The normalized spacial score (nSPS) is 10.7. The van der Waals surface area contributed by atoms with Gasteiger partial charge in [0, 0.05) is 26.7 Å². The number of hydrogen-bond acceptors (Lipinski definition) is 4. The second kappa shape index (κ2) is 7.76. The highest BCUT2D eigenvalue weighted by Gasteiger charge is 2.11. The zero-order valence-electron chi connectivity index (χ0n) is 11.8. The molecule has 0 heterocycles. The van der Waals surface area contributed by atoms with Gasteiger partial charge in [0.25, 0.3) is 0 Å². The van der Waals surface area contributed by atoms with Crippen LogP contribution in [0.5, 0.6) is 0 Å². The van der Waals surface area contributed by atoms with Gasteiger partial charge in [0.05, 0.1) is 17.9 Å². The maximum Gasteiger partial charge on any atom is 0.337 e. The van der Waals surface area contributed by atoms with Crippen LogP contribution in [0.25, 0.3) is 0 Å². The second-order valence-corrected chi connectivity index (χ2v) is 4.53. The summed E-state index contributed by atoms with van der Waals surface area (Å²) in [5.41, 5.74) is 1.97. The number of ether oxygens (including phenoxy) is 1. The molecule has 0 saturated carbocycles. The van der Waals surface area contributed by atoms with Crippen molar-refractivity contribution in [2.45, 2.75) is 6.92 Å². The van der Waals surface area contributed by atoms with Gasteiger partial charge < -0.3 is 20.1 Å². The molecular formula is C14H22N2O3. The van der Waals surface area contributed by atoms with Crippen molar-refractivity contribution in [2.75, 3.05) is 45.7 Å². The van der Waals surface area contributed by atoms with E-state index in [0.29, 0.717) is 24.4 Å². The second-order valence-electron chi connectivity index (χ2n) is 4.53. The number of hydrogen-bond donors (Lipinski definition) is 2. The zero-order chi connectivity index (χ0) is 14.3. The van der Waals surface area contributed by atoms with Crippen molar-refractivity contribution >= 4 is 11.7 Å². The van der Waals surface area contributed by atoms with E-state index in [1.807, 2.05) is 20.0 Å². The summed E-state index contributed by atoms with van der Waals surface area (Å²) in [6.07, 6.45) is 0. The molecule has 0 amide bonds. The average Bonchev–Trinajstić information content (AvgIpc) is 2.37. The molecule has 0 atom stereocenters. The highest BCUT2D eigenvalue weighted by Crippen LogP contribution is 2.20. The molecule has 1 aromatic rings. The Morgan fingerprint density at radius 3 is 2.79 bits per heavy atom. The molecule has 0 fully saturated rings. The standard InChI is InChI=1S/C14H22N2O3/c1-11-5-4-6-12(14(17)18)13(11)15-7-8-16(2)9-10-19-3/h4-6,15H,7-10H2,1-3H3,(H,17,18). The van der Waals surface area contributed by atoms with Crippen LogP contribution in [0.3, 0.4) is 0 Å². The Bertz CT molecular complexity index is 421. The highest BCUT2D eigenvalue weighted by atomic mass is 16.5. The minimum absolute atomic E-state index is 0.319. The lowest BCUT2D eigenvalue weighted by Crippen LogP contribution is -2.28. The maximum atomic E-state index is 11.1. The van der Waals surface area contributed by atoms with Crippen LogP contribution < -0.4 is 5.32 Å². The molecule has 0 aliphatic carbocycles. The maximum absolute atomic E-state index is 11.1. The lowest BCUT2D eigenvalue weighted by atomic mass is 10.1. The first-order chi connectivity index (χ1) is 9.06. The van der Waals surface area contributed by atoms with Gasteiger partial charge >= 0.3 is 5.97 Å². The number of carboxylic acids is 1. The minimum atomic E-state index is -0.904. The molecule has 0 aliphatic rings. The summed E-state index contributed by atoms with van der Waals surface area (Å²) in [7, 11) is 3.69. The van der Waals surface area contributed by atoms with E-state index in [4.69, 9.17) is 9.84 Å². The number of anilines is 1. The molecule has 1 aromatic carbocycles. The predicted octanol–water partition coefficient (Wildman–Crippen LogP) is 1.68. The number of nitrogens with one attached hydrogen (secondary N) is 1. The number of methoxy groups -OCH3 is 1. The molecular weight excluding hydrogens is 244 g/mol. The van der Waals surface area contributed by atoms with E-state index < -0.39 is 5.97 Å². The lowest BCUT2D eigenvalue weighted by molar-refractivity contribution is 0.0698. The molecule has 5 nitrogen and oxygen atoms in total. The third-order valence-corrected chi connectivity index (χ3v) is 2.98. The number of benzene rings is 1. The first-order valence-electron chi connectivity index (χ1n) is 6.30. The Hall–Kier alpha value is -1.59. The van der Waals surface area contributed by atoms with Crippen molar-refractivity contribution in [3.8, 4) is 0 Å². The van der Waals surface area contributed by atoms with Gasteiger partial charge in [0.15, 0.2) is 0 Å². The van der Waals surface area contributed by atoms with E-state index in [0.717, 1.165) is 18.7 Å². The van der Waals surface area contributed by atoms with Crippen molar-refractivity contribution in [1.29, 1.82) is 0 Å². The summed E-state index contributed by atoms with van der Waals surface area (Å²) in [5, 5.41) is 12.4. The molecule has 0 aliphatic heterocycles. The van der Waals surface area contributed by atoms with Gasteiger partial charge in [-0.05, 0) is 25.6 Å². The minimum Gasteiger partial charge on any atom is -0.478 e. The van der Waals surface area contributed by atoms with Crippen LogP contribution in [0, 0.1) is 6.92 Å². The number of carbonyl (C=O) groups is 1. The van der Waals surface area contributed by atoms with Crippen molar-refractivity contribution in [1.82, 2.24) is 4.90 Å². The van der Waals surface area contributed by atoms with Gasteiger partial charge in [-0.3, -0.25) is 0 Å². The molecule has 0 aromatic heterocycles. The topological polar surface area (TPSA) is 61.8 Å². The van der Waals surface area contributed by atoms with Crippen LogP contribution in [0.1, 0.15) is 15.9 Å². The van der Waals surface area contributed by atoms with Crippen LogP contribution in [0.15, 0.2) is 18.2 Å². The Morgan fingerprint density at radius 2 is 2.16 bits per heavy atom. The average molecular weight is 266 g/mol. The summed E-state index contributed by atoms with van der Waals surface area (Å²) in [5.74, 6) is -0.904. The molecule has 19 heavy (non-hydrogen) atoms. The number of likely N-dealkylation sites (N-methyl/N-ethyl adjacent to an activating group) is 1. The van der Waals surface area contributed by atoms with Gasteiger partial charge in [0.1, 0.15) is 0 Å². The van der Waals surface area contributed by atoms with Crippen LogP contribution in [0.4, 0.5) is 5.69 Å². The number of rotatable bonds is 8. The monoisotopic (exact) mass is 266 g/mol. The molecule has 2 N–H and O–H groups in total. The van der Waals surface area contributed by atoms with Gasteiger partial charge in [-0.15, -0.1) is 0 Å². The fraction of sp³-hybridized carbons (Fsp3) is 0.500. The SMILES string of the molecule is COCCN(C)CCNc1c(C)cccc1C(=O)O. The number of para-hydroxylation sites is 1. The summed E-state index contributed by atoms with van der Waals surface area (Å²) < 4.78 is 5.01. The van der Waals surface area contributed by atoms with Crippen molar-refractivity contribution < 1.29 is 14.6 Å². The van der Waals surface area contributed by atoms with Gasteiger partial charge in [-0.1, -0.05) is 12.1 Å². The van der Waals surface area contributed by atoms with Crippen LogP contribution in [-0.4, -0.2) is 56.4 Å². The molecule has 5 heteroatoms. The largest absolute Gasteiger partial charge is 0.478 e. The third kappa shape index (κ3) is 4.89. The Balaban J connectivity index is 2.55. The highest BCUT2D eigenvalue weighted by molar-refractivity contribution is 5.95. The Labute approximate surface area is 114 Å². The fourth-order valence-corrected chi connectivity index (χ4v) is 1.81. The zero-order valence-corrected chi connectivity index (χ0v) is 11.8. The first kappa shape index (κ1) is 15.5. The van der Waals surface area contributed by atoms with Crippen molar-refractivity contribution in [3.63, 3.8) is 0 Å². The fourth-order valence-electron chi connectivity index (χ4n) is 1.81. The van der Waals surface area contributed by atoms with Crippen LogP contribution in [0.2, 0.25) is 0 Å². The van der Waals surface area contributed by atoms with Gasteiger partial charge in [-0.2, -0.15) is 0 Å². The van der Waals surface area contributed by atoms with Crippen LogP contribution >= 0.6 is 0 Å². The summed E-state index contributed by atoms with van der Waals surface area (Å²) in [6.45, 7) is 4.99. The van der Waals surface area contributed by atoms with E-state index >= 15 is 0 Å². The number of nitrogens with zero attached hydrogens (tertiary/aromatic N) is 1. The van der Waals surface area contributed by atoms with Crippen molar-refractivity contribution in [3.05, 3.63) is 29.3 Å². The molecule has 0 radical (unpaired) electrons. The summed E-state index contributed by atoms with van der Waals surface area (Å²) >= 11 is 0. The Kier molecular flexibility index (Phi) is 6.32. The summed E-state index contributed by atoms with van der Waals surface area (Å²) in [6, 6.07) is 5.28. The summed E-state index contributed by atoms with van der Waals surface area (Å²) in [4.78, 5) is 13.3. The van der Waals surface area contributed by atoms with Gasteiger partial charge in [-0.25, -0.2) is 4.79 Å². The number of aryl methyl sites for hydroxylation is 1. The van der Waals surface area contributed by atoms with E-state index in [1.54, 1.807) is 19.2 Å². The van der Waals surface area contributed by atoms with Crippen molar-refractivity contribution in [2.24, 2.45) is 0 Å². The predicted molar refractivity (Wildman–Crippen MR) is 76.0 cm³/mol. The molecule has 0 unspecified atom stereocenters. The smallest absolute Gasteiger partial charge is 0.337 e. The van der Waals surface area contributed by atoms with E-state index in [9.17, 15) is 4.79 Å². The Morgan fingerprint density at radius 1 is 1.42 bits per heavy atom. The van der Waals surface area contributed by atoms with E-state index in [2.05, 4.69) is 10.2 Å². The number of carboxylic acid groups (broad SMARTS) is 1. The molecule has 0 saturated heterocycles. The van der Waals surface area contributed by atoms with Crippen LogP contribution in [-0.2, 0) is 4.74 Å². The lowest BCUT2D eigenvalue weighted by Gasteiger charge is -2.18. The quantitative estimate of drug-likeness (QED) is 0.749. The van der Waals surface area contributed by atoms with E-state index in [-0.39, 0.29) is 0 Å². The number of aromatic carboxylic acids is 1. The molecule has 106 valence electrons. The first-order valence-corrected chi connectivity index (χ1v) is 6.30. The molecule has 1 rings (SSSR count). The molecule has 0 bridgehead atoms. The third-order valence-electron chi connectivity index (χ3n) is 2.98. The van der Waals surface area contributed by atoms with Gasteiger partial charge in [0.2, 0.25) is 0 Å². The van der Waals surface area contributed by atoms with E-state index in [1.165, 1.54) is 0 Å².